The molecule has 2 heterocycles. The zero-order chi connectivity index (χ0) is 21.5. The number of rotatable bonds is 5. The SMILES string of the molecule is Cc1ccc(S(=O)(=O)Nc2nc(C)c(C(=O)Nc3nc4c(C)cccc4s3)s2)cc1. The lowest BCUT2D eigenvalue weighted by molar-refractivity contribution is 0.103. The lowest BCUT2D eigenvalue weighted by Gasteiger charge is -2.05. The van der Waals surface area contributed by atoms with Gasteiger partial charge in [0.2, 0.25) is 0 Å². The van der Waals surface area contributed by atoms with Crippen LogP contribution in [0.1, 0.15) is 26.5 Å². The van der Waals surface area contributed by atoms with Gasteiger partial charge < -0.3 is 0 Å². The van der Waals surface area contributed by atoms with Crippen LogP contribution in [0.5, 0.6) is 0 Å². The molecule has 30 heavy (non-hydrogen) atoms. The molecule has 0 aliphatic heterocycles. The lowest BCUT2D eigenvalue weighted by Crippen LogP contribution is -2.12. The number of benzene rings is 2. The summed E-state index contributed by atoms with van der Waals surface area (Å²) in [4.78, 5) is 21.9. The number of sulfonamides is 1. The minimum absolute atomic E-state index is 0.136. The molecule has 0 saturated heterocycles. The molecule has 154 valence electrons. The van der Waals surface area contributed by atoms with E-state index < -0.39 is 10.0 Å². The minimum atomic E-state index is -3.78. The number of hydrogen-bond acceptors (Lipinski definition) is 7. The van der Waals surface area contributed by atoms with Crippen LogP contribution in [0.3, 0.4) is 0 Å². The minimum Gasteiger partial charge on any atom is -0.297 e. The Morgan fingerprint density at radius 3 is 2.37 bits per heavy atom. The summed E-state index contributed by atoms with van der Waals surface area (Å²) >= 11 is 2.37. The Labute approximate surface area is 181 Å². The van der Waals surface area contributed by atoms with E-state index in [0.717, 1.165) is 32.7 Å². The highest BCUT2D eigenvalue weighted by molar-refractivity contribution is 7.93. The fourth-order valence-corrected chi connectivity index (χ4v) is 5.87. The highest BCUT2D eigenvalue weighted by Gasteiger charge is 2.21. The van der Waals surface area contributed by atoms with Crippen molar-refractivity contribution >= 4 is 59.1 Å². The number of nitrogens with one attached hydrogen (secondary N) is 2. The van der Waals surface area contributed by atoms with E-state index in [2.05, 4.69) is 20.0 Å². The summed E-state index contributed by atoms with van der Waals surface area (Å²) in [6.07, 6.45) is 0. The Bertz CT molecular complexity index is 1360. The monoisotopic (exact) mass is 458 g/mol. The van der Waals surface area contributed by atoms with E-state index in [4.69, 9.17) is 0 Å². The van der Waals surface area contributed by atoms with Crippen LogP contribution in [0.25, 0.3) is 10.2 Å². The van der Waals surface area contributed by atoms with E-state index in [9.17, 15) is 13.2 Å². The average Bonchev–Trinajstić information content (AvgIpc) is 3.25. The van der Waals surface area contributed by atoms with Gasteiger partial charge in [-0.15, -0.1) is 0 Å². The molecule has 2 aromatic heterocycles. The molecule has 2 aromatic carbocycles. The number of carbonyl (C=O) groups excluding carboxylic acids is 1. The summed E-state index contributed by atoms with van der Waals surface area (Å²) in [5.74, 6) is -0.373. The Kier molecular flexibility index (Phi) is 5.31. The summed E-state index contributed by atoms with van der Waals surface area (Å²) in [7, 11) is -3.78. The summed E-state index contributed by atoms with van der Waals surface area (Å²) < 4.78 is 28.6. The van der Waals surface area contributed by atoms with Gasteiger partial charge in [0, 0.05) is 0 Å². The largest absolute Gasteiger partial charge is 0.297 e. The van der Waals surface area contributed by atoms with Crippen LogP contribution in [0.15, 0.2) is 47.4 Å². The van der Waals surface area contributed by atoms with Gasteiger partial charge in [-0.25, -0.2) is 18.4 Å². The molecule has 0 atom stereocenters. The van der Waals surface area contributed by atoms with Crippen molar-refractivity contribution in [1.29, 1.82) is 0 Å². The van der Waals surface area contributed by atoms with Gasteiger partial charge in [-0.05, 0) is 44.5 Å². The van der Waals surface area contributed by atoms with Gasteiger partial charge in [0.1, 0.15) is 4.88 Å². The first-order chi connectivity index (χ1) is 14.2. The maximum Gasteiger partial charge on any atom is 0.269 e. The van der Waals surface area contributed by atoms with E-state index in [1.54, 1.807) is 19.1 Å². The highest BCUT2D eigenvalue weighted by atomic mass is 32.2. The molecule has 2 N–H and O–H groups in total. The average molecular weight is 459 g/mol. The fourth-order valence-electron chi connectivity index (χ4n) is 2.84. The summed E-state index contributed by atoms with van der Waals surface area (Å²) in [5.41, 5.74) is 3.29. The van der Waals surface area contributed by atoms with Gasteiger partial charge in [-0.1, -0.05) is 52.5 Å². The van der Waals surface area contributed by atoms with E-state index >= 15 is 0 Å². The first kappa shape index (κ1) is 20.5. The first-order valence-electron chi connectivity index (χ1n) is 8.97. The molecule has 4 aromatic rings. The van der Waals surface area contributed by atoms with Gasteiger partial charge in [-0.2, -0.15) is 0 Å². The predicted octanol–water partition coefficient (Wildman–Crippen LogP) is 4.73. The molecule has 0 radical (unpaired) electrons. The molecule has 7 nitrogen and oxygen atoms in total. The smallest absolute Gasteiger partial charge is 0.269 e. The first-order valence-corrected chi connectivity index (χ1v) is 12.1. The van der Waals surface area contributed by atoms with E-state index in [1.807, 2.05) is 32.0 Å². The van der Waals surface area contributed by atoms with Gasteiger partial charge >= 0.3 is 0 Å². The Hall–Kier alpha value is -2.82. The van der Waals surface area contributed by atoms with Crippen LogP contribution >= 0.6 is 22.7 Å². The number of aryl methyl sites for hydroxylation is 3. The van der Waals surface area contributed by atoms with Crippen molar-refractivity contribution in [2.24, 2.45) is 0 Å². The molecular weight excluding hydrogens is 440 g/mol. The zero-order valence-corrected chi connectivity index (χ0v) is 18.8. The number of amides is 1. The second kappa shape index (κ2) is 7.78. The number of thiazole rings is 2. The molecule has 0 saturated carbocycles. The van der Waals surface area contributed by atoms with Crippen molar-refractivity contribution in [3.63, 3.8) is 0 Å². The highest BCUT2D eigenvalue weighted by Crippen LogP contribution is 2.30. The Morgan fingerprint density at radius 2 is 1.67 bits per heavy atom. The molecule has 4 rings (SSSR count). The summed E-state index contributed by atoms with van der Waals surface area (Å²) in [5, 5.41) is 3.41. The number of para-hydroxylation sites is 1. The van der Waals surface area contributed by atoms with E-state index in [0.29, 0.717) is 15.7 Å². The van der Waals surface area contributed by atoms with Crippen LogP contribution in [-0.4, -0.2) is 24.3 Å². The van der Waals surface area contributed by atoms with Crippen molar-refractivity contribution in [3.05, 3.63) is 64.2 Å². The van der Waals surface area contributed by atoms with Gasteiger partial charge in [-0.3, -0.25) is 14.8 Å². The van der Waals surface area contributed by atoms with E-state index in [1.165, 1.54) is 23.5 Å². The van der Waals surface area contributed by atoms with Crippen LogP contribution in [0.4, 0.5) is 10.3 Å². The molecule has 0 aliphatic rings. The molecule has 0 aliphatic carbocycles. The maximum absolute atomic E-state index is 12.7. The third-order valence-electron chi connectivity index (χ3n) is 4.40. The second-order valence-electron chi connectivity index (χ2n) is 6.75. The van der Waals surface area contributed by atoms with Gasteiger partial charge in [0.25, 0.3) is 15.9 Å². The number of fused-ring (bicyclic) bond motifs is 1. The fraction of sp³-hybridized carbons (Fsp3) is 0.150. The number of hydrogen-bond donors (Lipinski definition) is 2. The Balaban J connectivity index is 1.54. The maximum atomic E-state index is 12.7. The third kappa shape index (κ3) is 4.07. The zero-order valence-electron chi connectivity index (χ0n) is 16.4. The third-order valence-corrected chi connectivity index (χ3v) is 7.89. The molecule has 1 amide bonds. The van der Waals surface area contributed by atoms with Crippen molar-refractivity contribution < 1.29 is 13.2 Å². The lowest BCUT2D eigenvalue weighted by atomic mass is 10.2. The molecule has 0 fully saturated rings. The van der Waals surface area contributed by atoms with Crippen LogP contribution in [0.2, 0.25) is 0 Å². The quantitative estimate of drug-likeness (QED) is 0.450. The molecule has 0 unspecified atom stereocenters. The van der Waals surface area contributed by atoms with Gasteiger partial charge in [0.15, 0.2) is 10.3 Å². The summed E-state index contributed by atoms with van der Waals surface area (Å²) in [6.45, 7) is 5.51. The van der Waals surface area contributed by atoms with E-state index in [-0.39, 0.29) is 15.9 Å². The van der Waals surface area contributed by atoms with Crippen LogP contribution < -0.4 is 10.0 Å². The van der Waals surface area contributed by atoms with Crippen molar-refractivity contribution in [1.82, 2.24) is 9.97 Å². The topological polar surface area (TPSA) is 101 Å². The normalized spacial score (nSPS) is 11.6. The summed E-state index contributed by atoms with van der Waals surface area (Å²) in [6, 6.07) is 12.4. The Morgan fingerprint density at radius 1 is 0.933 bits per heavy atom. The van der Waals surface area contributed by atoms with Crippen LogP contribution in [0, 0.1) is 20.8 Å². The van der Waals surface area contributed by atoms with Gasteiger partial charge in [0.05, 0.1) is 20.8 Å². The predicted molar refractivity (Wildman–Crippen MR) is 121 cm³/mol. The number of carbonyl (C=O) groups is 1. The molecule has 10 heteroatoms. The van der Waals surface area contributed by atoms with Crippen molar-refractivity contribution in [2.75, 3.05) is 10.0 Å². The van der Waals surface area contributed by atoms with Crippen LogP contribution in [-0.2, 0) is 10.0 Å². The molecule has 0 spiro atoms. The van der Waals surface area contributed by atoms with Crippen molar-refractivity contribution in [2.45, 2.75) is 25.7 Å². The number of nitrogens with zero attached hydrogens (tertiary/aromatic N) is 2. The second-order valence-corrected chi connectivity index (χ2v) is 10.5. The number of aromatic nitrogens is 2. The van der Waals surface area contributed by atoms with Crippen molar-refractivity contribution in [3.8, 4) is 0 Å². The molecular formula is C20H18N4O3S3. The standard InChI is InChI=1S/C20H18N4O3S3/c1-11-7-9-14(10-8-11)30(26,27)24-20-21-13(3)17(29-20)18(25)23-19-22-16-12(2)5-4-6-15(16)28-19/h4-10H,1-3H3,(H,21,24)(H,22,23,25). The molecule has 0 bridgehead atoms. The number of anilines is 2.